The molecule has 2 rings (SSSR count). The Balaban J connectivity index is 2.11. The molecule has 0 saturated carbocycles. The maximum absolute atomic E-state index is 9.12. The van der Waals surface area contributed by atoms with Gasteiger partial charge in [0.25, 0.3) is 0 Å². The smallest absolute Gasteiger partial charge is 0.191 e. The maximum Gasteiger partial charge on any atom is 0.191 e. The lowest BCUT2D eigenvalue weighted by atomic mass is 10.1. The van der Waals surface area contributed by atoms with Gasteiger partial charge in [-0.05, 0) is 25.5 Å². The van der Waals surface area contributed by atoms with E-state index in [1.165, 1.54) is 11.8 Å². The van der Waals surface area contributed by atoms with E-state index >= 15 is 0 Å². The van der Waals surface area contributed by atoms with Crippen LogP contribution >= 0.6 is 11.8 Å². The molecular formula is C15H16N6S. The van der Waals surface area contributed by atoms with Gasteiger partial charge >= 0.3 is 0 Å². The van der Waals surface area contributed by atoms with E-state index in [1.807, 2.05) is 23.6 Å². The van der Waals surface area contributed by atoms with Gasteiger partial charge in [0, 0.05) is 36.7 Å². The Kier molecular flexibility index (Phi) is 5.93. The highest BCUT2D eigenvalue weighted by Crippen LogP contribution is 2.25. The molecule has 0 aromatic carbocycles. The minimum atomic E-state index is -0.143. The van der Waals surface area contributed by atoms with Gasteiger partial charge in [-0.1, -0.05) is 11.8 Å². The molecule has 7 heteroatoms. The van der Waals surface area contributed by atoms with Crippen LogP contribution in [0.3, 0.4) is 0 Å². The summed E-state index contributed by atoms with van der Waals surface area (Å²) >= 11 is 1.51. The first-order valence-electron chi connectivity index (χ1n) is 7.03. The summed E-state index contributed by atoms with van der Waals surface area (Å²) < 4.78 is 2.03. The fourth-order valence-corrected chi connectivity index (χ4v) is 3.06. The molecular weight excluding hydrogens is 296 g/mol. The molecule has 0 bridgehead atoms. The molecule has 0 amide bonds. The first-order chi connectivity index (χ1) is 10.8. The van der Waals surface area contributed by atoms with Crippen molar-refractivity contribution in [2.24, 2.45) is 5.92 Å². The number of aromatic nitrogens is 4. The van der Waals surface area contributed by atoms with E-state index in [2.05, 4.69) is 27.3 Å². The molecule has 112 valence electrons. The van der Waals surface area contributed by atoms with Gasteiger partial charge in [0.05, 0.1) is 18.1 Å². The van der Waals surface area contributed by atoms with Crippen molar-refractivity contribution in [1.29, 1.82) is 10.5 Å². The van der Waals surface area contributed by atoms with Crippen molar-refractivity contribution in [2.45, 2.75) is 31.5 Å². The average molecular weight is 312 g/mol. The summed E-state index contributed by atoms with van der Waals surface area (Å²) in [4.78, 5) is 4.01. The molecule has 2 heterocycles. The lowest BCUT2D eigenvalue weighted by Gasteiger charge is -2.09. The zero-order valence-electron chi connectivity index (χ0n) is 12.3. The largest absolute Gasteiger partial charge is 0.302 e. The summed E-state index contributed by atoms with van der Waals surface area (Å²) in [5, 5.41) is 27.0. The summed E-state index contributed by atoms with van der Waals surface area (Å²) in [7, 11) is 0. The van der Waals surface area contributed by atoms with Gasteiger partial charge in [-0.3, -0.25) is 4.98 Å². The molecule has 2 aromatic heterocycles. The van der Waals surface area contributed by atoms with Crippen molar-refractivity contribution in [3.05, 3.63) is 24.5 Å². The Morgan fingerprint density at radius 2 is 2.05 bits per heavy atom. The Hall–Kier alpha value is -2.38. The zero-order valence-corrected chi connectivity index (χ0v) is 13.1. The van der Waals surface area contributed by atoms with Crippen molar-refractivity contribution < 1.29 is 0 Å². The summed E-state index contributed by atoms with van der Waals surface area (Å²) in [5.74, 6) is 1.28. The Bertz CT molecular complexity index is 682. The molecule has 0 aliphatic carbocycles. The minimum absolute atomic E-state index is 0.143. The average Bonchev–Trinajstić information content (AvgIpc) is 2.98. The molecule has 0 saturated heterocycles. The van der Waals surface area contributed by atoms with Crippen LogP contribution in [0.4, 0.5) is 0 Å². The van der Waals surface area contributed by atoms with Gasteiger partial charge in [0.1, 0.15) is 0 Å². The van der Waals surface area contributed by atoms with E-state index in [9.17, 15) is 0 Å². The number of thioether (sulfide) groups is 1. The molecule has 1 unspecified atom stereocenters. The van der Waals surface area contributed by atoms with Crippen LogP contribution in [0.1, 0.15) is 19.8 Å². The zero-order chi connectivity index (χ0) is 15.8. The van der Waals surface area contributed by atoms with Crippen LogP contribution in [-0.4, -0.2) is 25.5 Å². The van der Waals surface area contributed by atoms with Crippen LogP contribution in [0.2, 0.25) is 0 Å². The molecule has 0 fully saturated rings. The van der Waals surface area contributed by atoms with Gasteiger partial charge in [0.2, 0.25) is 0 Å². The fraction of sp³-hybridized carbons (Fsp3) is 0.400. The second-order valence-electron chi connectivity index (χ2n) is 4.62. The second-order valence-corrected chi connectivity index (χ2v) is 5.61. The monoisotopic (exact) mass is 312 g/mol. The Morgan fingerprint density at radius 1 is 1.27 bits per heavy atom. The van der Waals surface area contributed by atoms with Gasteiger partial charge in [0.15, 0.2) is 11.0 Å². The van der Waals surface area contributed by atoms with Crippen LogP contribution < -0.4 is 0 Å². The lowest BCUT2D eigenvalue weighted by Crippen LogP contribution is -2.04. The van der Waals surface area contributed by atoms with Crippen molar-refractivity contribution in [3.63, 3.8) is 0 Å². The Labute approximate surface area is 133 Å². The molecule has 22 heavy (non-hydrogen) atoms. The van der Waals surface area contributed by atoms with Gasteiger partial charge in [-0.2, -0.15) is 10.5 Å². The van der Waals surface area contributed by atoms with Crippen LogP contribution in [0.25, 0.3) is 11.4 Å². The van der Waals surface area contributed by atoms with E-state index < -0.39 is 0 Å². The first kappa shape index (κ1) is 16.0. The van der Waals surface area contributed by atoms with E-state index in [0.29, 0.717) is 18.6 Å². The third-order valence-electron chi connectivity index (χ3n) is 3.17. The van der Waals surface area contributed by atoms with Gasteiger partial charge in [-0.25, -0.2) is 0 Å². The molecule has 1 atom stereocenters. The third-order valence-corrected chi connectivity index (χ3v) is 4.30. The minimum Gasteiger partial charge on any atom is -0.302 e. The second kappa shape index (κ2) is 8.16. The molecule has 6 nitrogen and oxygen atoms in total. The van der Waals surface area contributed by atoms with E-state index in [-0.39, 0.29) is 5.92 Å². The number of nitriles is 2. The highest BCUT2D eigenvalue weighted by atomic mass is 32.2. The number of hydrogen-bond donors (Lipinski definition) is 0. The topological polar surface area (TPSA) is 91.2 Å². The number of rotatable bonds is 7. The van der Waals surface area contributed by atoms with Crippen LogP contribution in [-0.2, 0) is 6.54 Å². The molecule has 0 radical (unpaired) electrons. The lowest BCUT2D eigenvalue weighted by molar-refractivity contribution is 0.669. The van der Waals surface area contributed by atoms with Crippen molar-refractivity contribution in [2.75, 3.05) is 5.75 Å². The van der Waals surface area contributed by atoms with E-state index in [1.54, 1.807) is 12.4 Å². The van der Waals surface area contributed by atoms with E-state index in [0.717, 1.165) is 23.1 Å². The Morgan fingerprint density at radius 3 is 2.68 bits per heavy atom. The van der Waals surface area contributed by atoms with Crippen LogP contribution in [0.5, 0.6) is 0 Å². The quantitative estimate of drug-likeness (QED) is 0.730. The van der Waals surface area contributed by atoms with Crippen molar-refractivity contribution >= 4 is 11.8 Å². The molecule has 0 aliphatic rings. The summed E-state index contributed by atoms with van der Waals surface area (Å²) in [6.45, 7) is 2.79. The predicted octanol–water partition coefficient (Wildman–Crippen LogP) is 2.90. The van der Waals surface area contributed by atoms with Crippen LogP contribution in [0.15, 0.2) is 29.7 Å². The van der Waals surface area contributed by atoms with E-state index in [4.69, 9.17) is 10.5 Å². The third kappa shape index (κ3) is 3.84. The maximum atomic E-state index is 9.12. The predicted molar refractivity (Wildman–Crippen MR) is 83.6 cm³/mol. The summed E-state index contributed by atoms with van der Waals surface area (Å²) in [5.41, 5.74) is 0.970. The molecule has 0 N–H and O–H groups in total. The molecule has 2 aromatic rings. The van der Waals surface area contributed by atoms with Gasteiger partial charge < -0.3 is 4.57 Å². The number of nitrogens with zero attached hydrogens (tertiary/aromatic N) is 6. The number of hydrogen-bond acceptors (Lipinski definition) is 6. The molecule has 0 spiro atoms. The summed E-state index contributed by atoms with van der Waals surface area (Å²) in [6.07, 6.45) is 4.45. The SMILES string of the molecule is CCn1c(SCC(C#N)CCC#N)nnc1-c1ccncc1. The van der Waals surface area contributed by atoms with Crippen molar-refractivity contribution in [3.8, 4) is 23.5 Å². The standard InChI is InChI=1S/C15H16N6S/c1-2-21-14(13-5-8-18-9-6-13)19-20-15(21)22-11-12(10-17)4-3-7-16/h5-6,8-9,12H,2-4,11H2,1H3. The first-order valence-corrected chi connectivity index (χ1v) is 8.01. The van der Waals surface area contributed by atoms with Crippen LogP contribution in [0, 0.1) is 28.6 Å². The van der Waals surface area contributed by atoms with Gasteiger partial charge in [-0.15, -0.1) is 10.2 Å². The summed E-state index contributed by atoms with van der Waals surface area (Å²) in [6, 6.07) is 8.12. The number of pyridine rings is 1. The van der Waals surface area contributed by atoms with Crippen molar-refractivity contribution in [1.82, 2.24) is 19.7 Å². The highest BCUT2D eigenvalue weighted by molar-refractivity contribution is 7.99. The normalized spacial score (nSPS) is 11.6. The molecule has 0 aliphatic heterocycles. The highest BCUT2D eigenvalue weighted by Gasteiger charge is 2.15. The fourth-order valence-electron chi connectivity index (χ4n) is 1.99.